The zero-order valence-electron chi connectivity index (χ0n) is 6.88. The van der Waals surface area contributed by atoms with Gasteiger partial charge in [-0.1, -0.05) is 0 Å². The number of rotatable bonds is 0. The number of carbonyl (C=O) groups is 2. The molecule has 2 heterocycles. The molecular formula is C7H10N2O4. The summed E-state index contributed by atoms with van der Waals surface area (Å²) in [5.74, 6) is 0. The number of nitrogens with zero attached hydrogens (tertiary/aromatic N) is 2. The van der Waals surface area contributed by atoms with Crippen LogP contribution in [0.15, 0.2) is 0 Å². The summed E-state index contributed by atoms with van der Waals surface area (Å²) < 4.78 is 0. The van der Waals surface area contributed by atoms with Gasteiger partial charge in [-0.25, -0.2) is 9.59 Å². The molecule has 13 heavy (non-hydrogen) atoms. The fourth-order valence-corrected chi connectivity index (χ4v) is 2.08. The zero-order valence-corrected chi connectivity index (χ0v) is 6.88. The Morgan fingerprint density at radius 2 is 1.69 bits per heavy atom. The molecule has 0 bridgehead atoms. The van der Waals surface area contributed by atoms with Gasteiger partial charge in [0, 0.05) is 13.1 Å². The molecule has 0 radical (unpaired) electrons. The van der Waals surface area contributed by atoms with Crippen LogP contribution in [0, 0.1) is 0 Å². The number of hydrogen-bond acceptors (Lipinski definition) is 2. The van der Waals surface area contributed by atoms with Crippen LogP contribution >= 0.6 is 0 Å². The Morgan fingerprint density at radius 3 is 2.23 bits per heavy atom. The molecule has 2 N–H and O–H groups in total. The van der Waals surface area contributed by atoms with Crippen LogP contribution in [0.1, 0.15) is 6.42 Å². The third-order valence-electron chi connectivity index (χ3n) is 2.79. The fourth-order valence-electron chi connectivity index (χ4n) is 2.08. The molecule has 0 saturated carbocycles. The highest BCUT2D eigenvalue weighted by Crippen LogP contribution is 2.32. The second-order valence-electron chi connectivity index (χ2n) is 3.33. The quantitative estimate of drug-likeness (QED) is 0.562. The fraction of sp³-hybridized carbons (Fsp3) is 0.714. The lowest BCUT2D eigenvalue weighted by molar-refractivity contribution is 0.0300. The van der Waals surface area contributed by atoms with E-state index < -0.39 is 12.2 Å². The van der Waals surface area contributed by atoms with Gasteiger partial charge >= 0.3 is 12.2 Å². The molecular weight excluding hydrogens is 176 g/mol. The first kappa shape index (κ1) is 8.15. The van der Waals surface area contributed by atoms with Gasteiger partial charge in [-0.05, 0) is 6.42 Å². The van der Waals surface area contributed by atoms with E-state index in [1.165, 1.54) is 9.80 Å². The summed E-state index contributed by atoms with van der Waals surface area (Å²) in [7, 11) is 0. The van der Waals surface area contributed by atoms with Crippen molar-refractivity contribution >= 4 is 12.2 Å². The molecule has 0 aliphatic carbocycles. The summed E-state index contributed by atoms with van der Waals surface area (Å²) in [6, 6.07) is -0.206. The minimum absolute atomic E-state index is 0.103. The average molecular weight is 186 g/mol. The van der Waals surface area contributed by atoms with Gasteiger partial charge in [-0.2, -0.15) is 0 Å². The molecule has 6 nitrogen and oxygen atoms in total. The van der Waals surface area contributed by atoms with Crippen molar-refractivity contribution in [3.63, 3.8) is 0 Å². The first-order valence-corrected chi connectivity index (χ1v) is 4.10. The molecule has 2 saturated heterocycles. The Hall–Kier alpha value is -1.46. The monoisotopic (exact) mass is 186 g/mol. The number of hydrogen-bond donors (Lipinski definition) is 2. The van der Waals surface area contributed by atoms with Crippen LogP contribution in [0.4, 0.5) is 9.59 Å². The standard InChI is InChI=1S/C7H10N2O4/c10-6(11)8-2-1-4-5(8)3-9(4)7(12)13/h4-5H,1-3H2,(H,10,11)(H,12,13)/t4-,5?/m1/s1. The summed E-state index contributed by atoms with van der Waals surface area (Å²) in [5, 5.41) is 17.4. The lowest BCUT2D eigenvalue weighted by Gasteiger charge is -2.44. The molecule has 0 aromatic heterocycles. The Labute approximate surface area is 74.3 Å². The summed E-state index contributed by atoms with van der Waals surface area (Å²) in [5.41, 5.74) is 0. The normalized spacial score (nSPS) is 31.1. The predicted octanol–water partition coefficient (Wildman–Crippen LogP) is 0.101. The largest absolute Gasteiger partial charge is 0.465 e. The van der Waals surface area contributed by atoms with E-state index in [1.54, 1.807) is 0 Å². The van der Waals surface area contributed by atoms with E-state index in [1.807, 2.05) is 0 Å². The molecule has 2 aliphatic rings. The maximum Gasteiger partial charge on any atom is 0.407 e. The van der Waals surface area contributed by atoms with Crippen LogP contribution < -0.4 is 0 Å². The van der Waals surface area contributed by atoms with Gasteiger partial charge in [0.1, 0.15) is 0 Å². The third-order valence-corrected chi connectivity index (χ3v) is 2.79. The topological polar surface area (TPSA) is 81.1 Å². The number of carboxylic acid groups (broad SMARTS) is 2. The van der Waals surface area contributed by atoms with Crippen molar-refractivity contribution in [1.82, 2.24) is 9.80 Å². The summed E-state index contributed by atoms with van der Waals surface area (Å²) in [6.07, 6.45) is -1.27. The highest BCUT2D eigenvalue weighted by atomic mass is 16.4. The maximum absolute atomic E-state index is 10.6. The maximum atomic E-state index is 10.6. The second-order valence-corrected chi connectivity index (χ2v) is 3.33. The average Bonchev–Trinajstić information content (AvgIpc) is 2.27. The van der Waals surface area contributed by atoms with E-state index in [9.17, 15) is 9.59 Å². The summed E-state index contributed by atoms with van der Waals surface area (Å²) >= 11 is 0. The smallest absolute Gasteiger partial charge is 0.407 e. The van der Waals surface area contributed by atoms with Crippen molar-refractivity contribution in [2.24, 2.45) is 0 Å². The molecule has 2 atom stereocenters. The summed E-state index contributed by atoms with van der Waals surface area (Å²) in [6.45, 7) is 0.779. The highest BCUT2D eigenvalue weighted by Gasteiger charge is 2.50. The van der Waals surface area contributed by atoms with E-state index in [0.29, 0.717) is 19.5 Å². The van der Waals surface area contributed by atoms with Crippen LogP contribution in [0.25, 0.3) is 0 Å². The first-order chi connectivity index (χ1) is 6.11. The van der Waals surface area contributed by atoms with Gasteiger partial charge in [0.05, 0.1) is 12.1 Å². The Morgan fingerprint density at radius 1 is 1.08 bits per heavy atom. The molecule has 2 rings (SSSR count). The lowest BCUT2D eigenvalue weighted by Crippen LogP contribution is -2.63. The molecule has 0 aromatic carbocycles. The minimum Gasteiger partial charge on any atom is -0.465 e. The van der Waals surface area contributed by atoms with Crippen LogP contribution in [0.2, 0.25) is 0 Å². The van der Waals surface area contributed by atoms with E-state index in [2.05, 4.69) is 0 Å². The van der Waals surface area contributed by atoms with Crippen LogP contribution in [0.3, 0.4) is 0 Å². The van der Waals surface area contributed by atoms with Crippen molar-refractivity contribution in [3.8, 4) is 0 Å². The molecule has 2 aliphatic heterocycles. The molecule has 2 amide bonds. The highest BCUT2D eigenvalue weighted by molar-refractivity contribution is 5.70. The minimum atomic E-state index is -0.950. The van der Waals surface area contributed by atoms with Crippen LogP contribution in [0.5, 0.6) is 0 Å². The number of fused-ring (bicyclic) bond motifs is 1. The van der Waals surface area contributed by atoms with E-state index in [-0.39, 0.29) is 12.1 Å². The zero-order chi connectivity index (χ0) is 9.59. The Bertz CT molecular complexity index is 267. The molecule has 0 spiro atoms. The van der Waals surface area contributed by atoms with Crippen molar-refractivity contribution in [2.45, 2.75) is 18.5 Å². The lowest BCUT2D eigenvalue weighted by atomic mass is 9.98. The van der Waals surface area contributed by atoms with Gasteiger partial charge in [0.25, 0.3) is 0 Å². The SMILES string of the molecule is O=C(O)N1CC[C@@H]2C1CN2C(=O)O. The van der Waals surface area contributed by atoms with Gasteiger partial charge < -0.3 is 20.0 Å². The van der Waals surface area contributed by atoms with Gasteiger partial charge in [0.15, 0.2) is 0 Å². The van der Waals surface area contributed by atoms with Crippen LogP contribution in [-0.2, 0) is 0 Å². The molecule has 1 unspecified atom stereocenters. The number of likely N-dealkylation sites (tertiary alicyclic amines) is 2. The third kappa shape index (κ3) is 1.01. The predicted molar refractivity (Wildman–Crippen MR) is 41.7 cm³/mol. The number of amides is 2. The first-order valence-electron chi connectivity index (χ1n) is 4.10. The van der Waals surface area contributed by atoms with Gasteiger partial charge in [-0.3, -0.25) is 0 Å². The van der Waals surface area contributed by atoms with Crippen molar-refractivity contribution in [2.75, 3.05) is 13.1 Å². The Kier molecular flexibility index (Phi) is 1.58. The Balaban J connectivity index is 2.02. The van der Waals surface area contributed by atoms with E-state index in [0.717, 1.165) is 0 Å². The van der Waals surface area contributed by atoms with Gasteiger partial charge in [0.2, 0.25) is 0 Å². The molecule has 0 aromatic rings. The van der Waals surface area contributed by atoms with E-state index in [4.69, 9.17) is 10.2 Å². The summed E-state index contributed by atoms with van der Waals surface area (Å²) in [4.78, 5) is 23.8. The van der Waals surface area contributed by atoms with Crippen molar-refractivity contribution in [3.05, 3.63) is 0 Å². The van der Waals surface area contributed by atoms with Crippen molar-refractivity contribution < 1.29 is 19.8 Å². The van der Waals surface area contributed by atoms with Gasteiger partial charge in [-0.15, -0.1) is 0 Å². The molecule has 2 fully saturated rings. The molecule has 6 heteroatoms. The molecule has 72 valence electrons. The van der Waals surface area contributed by atoms with E-state index >= 15 is 0 Å². The van der Waals surface area contributed by atoms with Crippen molar-refractivity contribution in [1.29, 1.82) is 0 Å². The second kappa shape index (κ2) is 2.51. The van der Waals surface area contributed by atoms with Crippen LogP contribution in [-0.4, -0.2) is 57.4 Å².